The number of hydrogen-bond donors (Lipinski definition) is 0. The van der Waals surface area contributed by atoms with Crippen LogP contribution in [0.5, 0.6) is 0 Å². The maximum atomic E-state index is 5.80. The molecule has 1 saturated carbocycles. The Kier molecular flexibility index (Phi) is 6.50. The van der Waals surface area contributed by atoms with Crippen molar-refractivity contribution in [1.29, 1.82) is 0 Å². The molecule has 80 valence electrons. The van der Waals surface area contributed by atoms with Gasteiger partial charge in [0.05, 0.1) is 6.10 Å². The van der Waals surface area contributed by atoms with E-state index in [0.717, 1.165) is 18.4 Å². The first kappa shape index (κ1) is 13.4. The fourth-order valence-corrected chi connectivity index (χ4v) is 2.67. The summed E-state index contributed by atoms with van der Waals surface area (Å²) in [7, 11) is 0. The van der Waals surface area contributed by atoms with Gasteiger partial charge < -0.3 is 11.2 Å². The van der Waals surface area contributed by atoms with E-state index in [0.29, 0.717) is 6.10 Å². The summed E-state index contributed by atoms with van der Waals surface area (Å²) >= 11 is 0. The van der Waals surface area contributed by atoms with E-state index in [1.807, 2.05) is 0 Å². The van der Waals surface area contributed by atoms with Crippen molar-refractivity contribution in [3.63, 3.8) is 0 Å². The van der Waals surface area contributed by atoms with Gasteiger partial charge in [-0.1, -0.05) is 32.8 Å². The first-order valence-electron chi connectivity index (χ1n) is 5.79. The van der Waals surface area contributed by atoms with Crippen molar-refractivity contribution in [3.05, 3.63) is 6.42 Å². The van der Waals surface area contributed by atoms with Gasteiger partial charge in [-0.3, -0.25) is 0 Å². The van der Waals surface area contributed by atoms with Gasteiger partial charge in [-0.25, -0.2) is 0 Å². The van der Waals surface area contributed by atoms with Crippen molar-refractivity contribution >= 4 is 0 Å². The van der Waals surface area contributed by atoms with Crippen molar-refractivity contribution in [1.82, 2.24) is 0 Å². The molecule has 1 atom stereocenters. The van der Waals surface area contributed by atoms with E-state index < -0.39 is 0 Å². The van der Waals surface area contributed by atoms with Crippen LogP contribution in [0.15, 0.2) is 0 Å². The monoisotopic (exact) mass is 323 g/mol. The van der Waals surface area contributed by atoms with Gasteiger partial charge in [0.2, 0.25) is 0 Å². The Bertz CT molecular complexity index is 146. The fraction of sp³-hybridized carbons (Fsp3) is 0.917. The van der Waals surface area contributed by atoms with E-state index in [-0.39, 0.29) is 40.8 Å². The first-order chi connectivity index (χ1) is 6.36. The SMILES string of the molecule is CC1CCC(C2CC[CH-]CO2)CC1.[Nd]. The van der Waals surface area contributed by atoms with Crippen LogP contribution < -0.4 is 0 Å². The molecule has 0 N–H and O–H groups in total. The second kappa shape index (κ2) is 6.80. The van der Waals surface area contributed by atoms with E-state index in [9.17, 15) is 0 Å². The smallest absolute Gasteiger partial charge is 0.0543 e. The molecule has 2 fully saturated rings. The van der Waals surface area contributed by atoms with E-state index in [2.05, 4.69) is 13.3 Å². The quantitative estimate of drug-likeness (QED) is 0.673. The third kappa shape index (κ3) is 3.71. The van der Waals surface area contributed by atoms with Crippen LogP contribution in [0.1, 0.15) is 45.4 Å². The maximum absolute atomic E-state index is 5.80. The first-order valence-corrected chi connectivity index (χ1v) is 5.79. The summed E-state index contributed by atoms with van der Waals surface area (Å²) in [4.78, 5) is 0. The Balaban J connectivity index is 0.000000980. The molecule has 1 saturated heterocycles. The van der Waals surface area contributed by atoms with Crippen LogP contribution in [-0.2, 0) is 4.74 Å². The summed E-state index contributed by atoms with van der Waals surface area (Å²) in [5.74, 6) is 1.84. The molecular weight excluding hydrogens is 304 g/mol. The Morgan fingerprint density at radius 1 is 1.07 bits per heavy atom. The molecule has 0 aromatic rings. The molecule has 1 heterocycles. The van der Waals surface area contributed by atoms with Crippen molar-refractivity contribution in [2.24, 2.45) is 11.8 Å². The minimum Gasteiger partial charge on any atom is -0.410 e. The Morgan fingerprint density at radius 3 is 2.36 bits per heavy atom. The second-order valence-corrected chi connectivity index (χ2v) is 4.76. The molecule has 1 nitrogen and oxygen atoms in total. The average Bonchev–Trinajstić information content (AvgIpc) is 2.20. The van der Waals surface area contributed by atoms with Crippen molar-refractivity contribution < 1.29 is 45.6 Å². The number of rotatable bonds is 1. The van der Waals surface area contributed by atoms with E-state index in [1.165, 1.54) is 38.5 Å². The van der Waals surface area contributed by atoms with Gasteiger partial charge in [0.1, 0.15) is 0 Å². The van der Waals surface area contributed by atoms with Gasteiger partial charge in [-0.05, 0) is 24.7 Å². The Labute approximate surface area is 121 Å². The van der Waals surface area contributed by atoms with Crippen LogP contribution in [0.2, 0.25) is 0 Å². The largest absolute Gasteiger partial charge is 0.410 e. The molecule has 0 radical (unpaired) electrons. The molecule has 1 unspecified atom stereocenters. The third-order valence-corrected chi connectivity index (χ3v) is 3.67. The van der Waals surface area contributed by atoms with Crippen LogP contribution in [0, 0.1) is 59.1 Å². The molecule has 1 aliphatic carbocycles. The molecule has 0 aromatic heterocycles. The molecule has 0 bridgehead atoms. The molecule has 2 aliphatic rings. The zero-order valence-electron chi connectivity index (χ0n) is 9.17. The molecule has 0 amide bonds. The Hall–Kier alpha value is 1.31. The topological polar surface area (TPSA) is 9.23 Å². The second-order valence-electron chi connectivity index (χ2n) is 4.76. The van der Waals surface area contributed by atoms with Crippen molar-refractivity contribution in [2.45, 2.75) is 51.6 Å². The van der Waals surface area contributed by atoms with Gasteiger partial charge in [-0.15, -0.1) is 0 Å². The van der Waals surface area contributed by atoms with Crippen molar-refractivity contribution in [2.75, 3.05) is 6.61 Å². The van der Waals surface area contributed by atoms with Gasteiger partial charge in [0.15, 0.2) is 0 Å². The number of ether oxygens (including phenoxy) is 1. The molecule has 0 spiro atoms. The summed E-state index contributed by atoms with van der Waals surface area (Å²) in [6.45, 7) is 3.28. The van der Waals surface area contributed by atoms with E-state index in [1.54, 1.807) is 0 Å². The van der Waals surface area contributed by atoms with Crippen LogP contribution in [-0.4, -0.2) is 12.7 Å². The normalized spacial score (nSPS) is 38.8. The molecule has 2 rings (SSSR count). The fourth-order valence-electron chi connectivity index (χ4n) is 2.67. The maximum Gasteiger partial charge on any atom is 0.0543 e. The minimum atomic E-state index is 0. The summed E-state index contributed by atoms with van der Waals surface area (Å²) in [6.07, 6.45) is 11.1. The number of hydrogen-bond acceptors (Lipinski definition) is 1. The molecule has 1 aliphatic heterocycles. The van der Waals surface area contributed by atoms with Gasteiger partial charge in [0, 0.05) is 40.8 Å². The summed E-state index contributed by atoms with van der Waals surface area (Å²) < 4.78 is 5.80. The van der Waals surface area contributed by atoms with E-state index in [4.69, 9.17) is 4.74 Å². The Morgan fingerprint density at radius 2 is 1.79 bits per heavy atom. The zero-order chi connectivity index (χ0) is 9.10. The van der Waals surface area contributed by atoms with E-state index >= 15 is 0 Å². The van der Waals surface area contributed by atoms with Gasteiger partial charge in [0.25, 0.3) is 0 Å². The predicted molar refractivity (Wildman–Crippen MR) is 54.4 cm³/mol. The van der Waals surface area contributed by atoms with Crippen LogP contribution in [0.25, 0.3) is 0 Å². The third-order valence-electron chi connectivity index (χ3n) is 3.67. The molecule has 14 heavy (non-hydrogen) atoms. The molecular formula is C12H21NdO-. The zero-order valence-corrected chi connectivity index (χ0v) is 12.4. The van der Waals surface area contributed by atoms with Crippen LogP contribution >= 0.6 is 0 Å². The predicted octanol–water partition coefficient (Wildman–Crippen LogP) is 3.20. The van der Waals surface area contributed by atoms with Crippen LogP contribution in [0.3, 0.4) is 0 Å². The van der Waals surface area contributed by atoms with Crippen LogP contribution in [0.4, 0.5) is 0 Å². The molecule has 0 aromatic carbocycles. The average molecular weight is 326 g/mol. The van der Waals surface area contributed by atoms with Gasteiger partial charge >= 0.3 is 0 Å². The summed E-state index contributed by atoms with van der Waals surface area (Å²) in [6, 6.07) is 0. The van der Waals surface area contributed by atoms with Crippen molar-refractivity contribution in [3.8, 4) is 0 Å². The minimum absolute atomic E-state index is 0. The summed E-state index contributed by atoms with van der Waals surface area (Å²) in [5, 5.41) is 0. The summed E-state index contributed by atoms with van der Waals surface area (Å²) in [5.41, 5.74) is 0. The molecule has 2 heteroatoms. The van der Waals surface area contributed by atoms with Gasteiger partial charge in [-0.2, -0.15) is 6.42 Å². The standard InChI is InChI=1S/C12H21O.Nd/c1-10-5-7-11(8-6-10)12-4-2-3-9-13-12;/h3,10-12H,2,4-9H2,1H3;/q-1;.